The number of carbonyl (C=O) groups excluding carboxylic acids is 1. The normalized spacial score (nSPS) is 24.4. The Morgan fingerprint density at radius 3 is 1.28 bits per heavy atom. The lowest BCUT2D eigenvalue weighted by atomic mass is 9.97. The van der Waals surface area contributed by atoms with Crippen molar-refractivity contribution in [2.45, 2.75) is 331 Å². The standard InChI is InChI=1S/C68H121NO13/c1-3-5-7-9-11-13-15-17-19-21-22-23-24-25-26-27-28-29-30-31-32-33-34-36-37-39-41-43-45-47-49-51-57(72)56(69-60(73)52-50-48-46-44-42-40-38-35-20-18-16-14-12-10-8-6-4-2)55-79-67-65(78)63(76)66(59(54-71)81-67)82-68-64(77)62(75)61(74)58(53-70)80-68/h6,8,12,14,18,20,38,40,44,46,49,51,56-59,61-68,70-72,74-78H,3-5,7,9-11,13,15-17,19,21-37,39,41-43,45,47-48,50,52-55H2,1-2H3,(H,69,73)/b8-6-,14-12-,20-18-,40-38-,46-44-,51-49+. The van der Waals surface area contributed by atoms with Gasteiger partial charge in [-0.15, -0.1) is 0 Å². The third-order valence-corrected chi connectivity index (χ3v) is 15.9. The zero-order valence-electron chi connectivity index (χ0n) is 51.5. The second-order valence-electron chi connectivity index (χ2n) is 23.2. The molecule has 0 spiro atoms. The number of rotatable bonds is 53. The van der Waals surface area contributed by atoms with E-state index in [1.165, 1.54) is 173 Å². The highest BCUT2D eigenvalue weighted by atomic mass is 16.7. The maximum atomic E-state index is 13.2. The number of hydrogen-bond acceptors (Lipinski definition) is 13. The van der Waals surface area contributed by atoms with Gasteiger partial charge in [0, 0.05) is 6.42 Å². The van der Waals surface area contributed by atoms with Gasteiger partial charge in [0.1, 0.15) is 48.8 Å². The van der Waals surface area contributed by atoms with Gasteiger partial charge < -0.3 is 65.1 Å². The van der Waals surface area contributed by atoms with Crippen molar-refractivity contribution < 1.29 is 64.6 Å². The zero-order chi connectivity index (χ0) is 59.5. The molecule has 2 aliphatic heterocycles. The highest BCUT2D eigenvalue weighted by Gasteiger charge is 2.51. The Morgan fingerprint density at radius 2 is 0.841 bits per heavy atom. The molecule has 0 saturated carbocycles. The molecule has 2 saturated heterocycles. The van der Waals surface area contributed by atoms with E-state index in [9.17, 15) is 45.6 Å². The molecular formula is C68H121NO13. The summed E-state index contributed by atoms with van der Waals surface area (Å²) in [6.07, 6.45) is 54.0. The average molecular weight is 1160 g/mol. The van der Waals surface area contributed by atoms with Crippen molar-refractivity contribution in [3.05, 3.63) is 72.9 Å². The van der Waals surface area contributed by atoms with Crippen molar-refractivity contribution in [3.63, 3.8) is 0 Å². The van der Waals surface area contributed by atoms with E-state index in [2.05, 4.69) is 73.8 Å². The van der Waals surface area contributed by atoms with E-state index in [1.54, 1.807) is 6.08 Å². The topological polar surface area (TPSA) is 228 Å². The molecule has 0 aromatic carbocycles. The first-order valence-electron chi connectivity index (χ1n) is 33.2. The maximum Gasteiger partial charge on any atom is 0.220 e. The Kier molecular flexibility index (Phi) is 48.6. The van der Waals surface area contributed by atoms with Crippen LogP contribution in [0.4, 0.5) is 0 Å². The minimum atomic E-state index is -1.80. The molecule has 2 heterocycles. The fraction of sp³-hybridized carbons (Fsp3) is 0.809. The van der Waals surface area contributed by atoms with E-state index in [0.717, 1.165) is 51.4 Å². The maximum absolute atomic E-state index is 13.2. The van der Waals surface area contributed by atoms with Gasteiger partial charge in [-0.05, 0) is 57.8 Å². The van der Waals surface area contributed by atoms with Crippen molar-refractivity contribution in [1.82, 2.24) is 5.32 Å². The van der Waals surface area contributed by atoms with Gasteiger partial charge in [0.2, 0.25) is 5.91 Å². The number of unbranched alkanes of at least 4 members (excludes halogenated alkanes) is 30. The zero-order valence-corrected chi connectivity index (χ0v) is 51.5. The lowest BCUT2D eigenvalue weighted by Crippen LogP contribution is -2.65. The van der Waals surface area contributed by atoms with Gasteiger partial charge in [0.25, 0.3) is 0 Å². The fourth-order valence-corrected chi connectivity index (χ4v) is 10.6. The van der Waals surface area contributed by atoms with Crippen LogP contribution in [0.1, 0.15) is 258 Å². The van der Waals surface area contributed by atoms with Gasteiger partial charge >= 0.3 is 0 Å². The van der Waals surface area contributed by atoms with Gasteiger partial charge in [0.15, 0.2) is 12.6 Å². The number of carbonyl (C=O) groups is 1. The van der Waals surface area contributed by atoms with Crippen molar-refractivity contribution in [2.24, 2.45) is 0 Å². The molecule has 2 aliphatic rings. The monoisotopic (exact) mass is 1160 g/mol. The summed E-state index contributed by atoms with van der Waals surface area (Å²) in [5, 5.41) is 87.2. The molecule has 0 aromatic rings. The highest BCUT2D eigenvalue weighted by molar-refractivity contribution is 5.76. The summed E-state index contributed by atoms with van der Waals surface area (Å²) in [4.78, 5) is 13.2. The lowest BCUT2D eigenvalue weighted by molar-refractivity contribution is -0.359. The van der Waals surface area contributed by atoms with Gasteiger partial charge in [-0.25, -0.2) is 0 Å². The highest BCUT2D eigenvalue weighted by Crippen LogP contribution is 2.30. The molecule has 0 aromatic heterocycles. The molecule has 2 fully saturated rings. The summed E-state index contributed by atoms with van der Waals surface area (Å²) in [5.74, 6) is -0.296. The minimum Gasteiger partial charge on any atom is -0.394 e. The number of nitrogens with one attached hydrogen (secondary N) is 1. The minimum absolute atomic E-state index is 0.200. The fourth-order valence-electron chi connectivity index (χ4n) is 10.6. The summed E-state index contributed by atoms with van der Waals surface area (Å²) in [6, 6.07) is -0.949. The Labute approximate surface area is 498 Å². The number of allylic oxidation sites excluding steroid dienone is 11. The first-order valence-corrected chi connectivity index (χ1v) is 33.2. The summed E-state index contributed by atoms with van der Waals surface area (Å²) in [7, 11) is 0. The van der Waals surface area contributed by atoms with Crippen molar-refractivity contribution in [1.29, 1.82) is 0 Å². The first-order chi connectivity index (χ1) is 40.1. The molecule has 1 amide bonds. The van der Waals surface area contributed by atoms with E-state index in [4.69, 9.17) is 18.9 Å². The van der Waals surface area contributed by atoms with E-state index < -0.39 is 86.8 Å². The van der Waals surface area contributed by atoms with Crippen LogP contribution in [-0.4, -0.2) is 140 Å². The van der Waals surface area contributed by atoms with Crippen molar-refractivity contribution in [3.8, 4) is 0 Å². The summed E-state index contributed by atoms with van der Waals surface area (Å²) < 4.78 is 22.8. The van der Waals surface area contributed by atoms with Crippen LogP contribution < -0.4 is 5.32 Å². The molecule has 0 aliphatic carbocycles. The summed E-state index contributed by atoms with van der Waals surface area (Å²) in [6.45, 7) is 2.66. The van der Waals surface area contributed by atoms with Crippen LogP contribution in [0.15, 0.2) is 72.9 Å². The predicted octanol–water partition coefficient (Wildman–Crippen LogP) is 12.7. The molecule has 476 valence electrons. The predicted molar refractivity (Wildman–Crippen MR) is 332 cm³/mol. The molecule has 9 N–H and O–H groups in total. The molecule has 12 atom stereocenters. The Morgan fingerprint density at radius 1 is 0.451 bits per heavy atom. The molecule has 2 rings (SSSR count). The smallest absolute Gasteiger partial charge is 0.220 e. The van der Waals surface area contributed by atoms with Gasteiger partial charge in [0.05, 0.1) is 32.0 Å². The number of amides is 1. The number of ether oxygens (including phenoxy) is 4. The lowest BCUT2D eigenvalue weighted by Gasteiger charge is -2.46. The largest absolute Gasteiger partial charge is 0.394 e. The van der Waals surface area contributed by atoms with E-state index in [0.29, 0.717) is 12.8 Å². The second-order valence-corrected chi connectivity index (χ2v) is 23.2. The summed E-state index contributed by atoms with van der Waals surface area (Å²) >= 11 is 0. The Hall–Kier alpha value is -2.57. The SMILES string of the molecule is CC/C=C\C/C=C\C/C=C\C/C=C\C/C=C\CCCC(=O)NC(COC1OC(CO)C(OC2OC(CO)C(O)C(O)C2O)C(O)C1O)C(O)/C=C/CCCCCCCCCCCCCCCCCCCCCCCCCCCCCCC. The molecule has 0 bridgehead atoms. The molecular weight excluding hydrogens is 1040 g/mol. The van der Waals surface area contributed by atoms with Gasteiger partial charge in [-0.2, -0.15) is 0 Å². The van der Waals surface area contributed by atoms with E-state index >= 15 is 0 Å². The van der Waals surface area contributed by atoms with E-state index in [1.807, 2.05) is 12.2 Å². The van der Waals surface area contributed by atoms with Crippen LogP contribution in [0.3, 0.4) is 0 Å². The van der Waals surface area contributed by atoms with Crippen LogP contribution in [0.5, 0.6) is 0 Å². The molecule has 0 radical (unpaired) electrons. The van der Waals surface area contributed by atoms with Gasteiger partial charge in [-0.1, -0.05) is 267 Å². The molecule has 14 heteroatoms. The van der Waals surface area contributed by atoms with Crippen molar-refractivity contribution >= 4 is 5.91 Å². The van der Waals surface area contributed by atoms with Crippen LogP contribution in [-0.2, 0) is 23.7 Å². The van der Waals surface area contributed by atoms with Crippen LogP contribution >= 0.6 is 0 Å². The van der Waals surface area contributed by atoms with Crippen LogP contribution in [0.25, 0.3) is 0 Å². The van der Waals surface area contributed by atoms with Gasteiger partial charge in [-0.3, -0.25) is 4.79 Å². The number of aliphatic hydroxyl groups is 8. The number of hydrogen-bond donors (Lipinski definition) is 9. The Balaban J connectivity index is 1.69. The third-order valence-electron chi connectivity index (χ3n) is 15.9. The first kappa shape index (κ1) is 75.5. The quantitative estimate of drug-likeness (QED) is 0.0204. The molecule has 14 nitrogen and oxygen atoms in total. The van der Waals surface area contributed by atoms with Crippen molar-refractivity contribution in [2.75, 3.05) is 19.8 Å². The average Bonchev–Trinajstić information content (AvgIpc) is 3.49. The van der Waals surface area contributed by atoms with Crippen LogP contribution in [0.2, 0.25) is 0 Å². The summed E-state index contributed by atoms with van der Waals surface area (Å²) in [5.41, 5.74) is 0. The molecule has 82 heavy (non-hydrogen) atoms. The van der Waals surface area contributed by atoms with E-state index in [-0.39, 0.29) is 18.9 Å². The van der Waals surface area contributed by atoms with Crippen LogP contribution in [0, 0.1) is 0 Å². The Bertz CT molecular complexity index is 1650. The number of aliphatic hydroxyl groups excluding tert-OH is 8. The third kappa shape index (κ3) is 37.1. The second kappa shape index (κ2) is 52.7. The molecule has 12 unspecified atom stereocenters.